The van der Waals surface area contributed by atoms with Crippen molar-refractivity contribution in [3.05, 3.63) is 0 Å². The van der Waals surface area contributed by atoms with E-state index in [-0.39, 0.29) is 0 Å². The number of nitrogens with two attached hydrogens (primary N) is 1. The third-order valence-electron chi connectivity index (χ3n) is 3.00. The zero-order valence-electron chi connectivity index (χ0n) is 7.84. The van der Waals surface area contributed by atoms with E-state index in [0.29, 0.717) is 6.04 Å². The molecule has 0 aliphatic heterocycles. The summed E-state index contributed by atoms with van der Waals surface area (Å²) in [4.78, 5) is 0. The summed E-state index contributed by atoms with van der Waals surface area (Å²) in [6.07, 6.45) is 6.63. The van der Waals surface area contributed by atoms with Crippen LogP contribution in [0.4, 0.5) is 0 Å². The van der Waals surface area contributed by atoms with Gasteiger partial charge in [-0.05, 0) is 31.1 Å². The second-order valence-corrected chi connectivity index (χ2v) is 4.27. The molecule has 1 fully saturated rings. The third kappa shape index (κ3) is 2.82. The van der Waals surface area contributed by atoms with Gasteiger partial charge in [0.1, 0.15) is 0 Å². The maximum atomic E-state index is 5.90. The molecule has 1 saturated carbocycles. The van der Waals surface area contributed by atoms with Gasteiger partial charge in [0, 0.05) is 6.04 Å². The predicted molar refractivity (Wildman–Crippen MR) is 49.4 cm³/mol. The van der Waals surface area contributed by atoms with Gasteiger partial charge in [-0.3, -0.25) is 0 Å². The van der Waals surface area contributed by atoms with Gasteiger partial charge in [-0.1, -0.05) is 26.7 Å². The first-order valence-electron chi connectivity index (χ1n) is 4.95. The Morgan fingerprint density at radius 3 is 2.45 bits per heavy atom. The quantitative estimate of drug-likeness (QED) is 0.579. The first-order valence-corrected chi connectivity index (χ1v) is 4.95. The van der Waals surface area contributed by atoms with E-state index in [1.54, 1.807) is 0 Å². The molecule has 0 unspecified atom stereocenters. The zero-order valence-corrected chi connectivity index (χ0v) is 7.84. The molecular weight excluding hydrogens is 134 g/mol. The van der Waals surface area contributed by atoms with Gasteiger partial charge in [0.25, 0.3) is 0 Å². The van der Waals surface area contributed by atoms with Gasteiger partial charge in [0.2, 0.25) is 0 Å². The lowest BCUT2D eigenvalue weighted by Gasteiger charge is -2.17. The highest BCUT2D eigenvalue weighted by molar-refractivity contribution is 4.73. The molecule has 1 heteroatoms. The molecular formula is C10H21N. The Morgan fingerprint density at radius 1 is 1.09 bits per heavy atom. The SMILES string of the molecule is CC(C)[C@@H]1CCC[C@H](N)CC1. The van der Waals surface area contributed by atoms with Gasteiger partial charge in [0.15, 0.2) is 0 Å². The van der Waals surface area contributed by atoms with Crippen LogP contribution < -0.4 is 5.73 Å². The van der Waals surface area contributed by atoms with Crippen molar-refractivity contribution in [1.82, 2.24) is 0 Å². The normalized spacial score (nSPS) is 33.8. The molecule has 11 heavy (non-hydrogen) atoms. The lowest BCUT2D eigenvalue weighted by molar-refractivity contribution is 0.341. The summed E-state index contributed by atoms with van der Waals surface area (Å²) in [5.41, 5.74) is 5.90. The molecule has 66 valence electrons. The van der Waals surface area contributed by atoms with Gasteiger partial charge in [-0.25, -0.2) is 0 Å². The predicted octanol–water partition coefficient (Wildman–Crippen LogP) is 2.55. The lowest BCUT2D eigenvalue weighted by atomic mass is 9.89. The summed E-state index contributed by atoms with van der Waals surface area (Å²) in [7, 11) is 0. The van der Waals surface area contributed by atoms with E-state index in [1.165, 1.54) is 32.1 Å². The lowest BCUT2D eigenvalue weighted by Crippen LogP contribution is -2.18. The molecule has 0 aromatic rings. The molecule has 0 heterocycles. The van der Waals surface area contributed by atoms with Crippen LogP contribution in [0.1, 0.15) is 46.0 Å². The smallest absolute Gasteiger partial charge is 0.00389 e. The molecule has 1 rings (SSSR count). The number of rotatable bonds is 1. The topological polar surface area (TPSA) is 26.0 Å². The average Bonchev–Trinajstić information content (AvgIpc) is 2.13. The van der Waals surface area contributed by atoms with Gasteiger partial charge in [0.05, 0.1) is 0 Å². The van der Waals surface area contributed by atoms with E-state index in [4.69, 9.17) is 5.73 Å². The minimum absolute atomic E-state index is 0.499. The molecule has 0 amide bonds. The number of hydrogen-bond donors (Lipinski definition) is 1. The monoisotopic (exact) mass is 155 g/mol. The molecule has 1 nitrogen and oxygen atoms in total. The van der Waals surface area contributed by atoms with Crippen molar-refractivity contribution < 1.29 is 0 Å². The van der Waals surface area contributed by atoms with E-state index in [2.05, 4.69) is 13.8 Å². The second-order valence-electron chi connectivity index (χ2n) is 4.27. The van der Waals surface area contributed by atoms with Crippen LogP contribution >= 0.6 is 0 Å². The fourth-order valence-corrected chi connectivity index (χ4v) is 2.03. The first-order chi connectivity index (χ1) is 5.20. The van der Waals surface area contributed by atoms with Crippen LogP contribution in [0.3, 0.4) is 0 Å². The van der Waals surface area contributed by atoms with Crippen LogP contribution in [0.5, 0.6) is 0 Å². The molecule has 0 aromatic heterocycles. The van der Waals surface area contributed by atoms with Crippen molar-refractivity contribution >= 4 is 0 Å². The van der Waals surface area contributed by atoms with Crippen molar-refractivity contribution in [3.8, 4) is 0 Å². The average molecular weight is 155 g/mol. The molecule has 0 aromatic carbocycles. The minimum atomic E-state index is 0.499. The Hall–Kier alpha value is -0.0400. The summed E-state index contributed by atoms with van der Waals surface area (Å²) < 4.78 is 0. The summed E-state index contributed by atoms with van der Waals surface area (Å²) in [5, 5.41) is 0. The summed E-state index contributed by atoms with van der Waals surface area (Å²) in [6.45, 7) is 4.67. The van der Waals surface area contributed by atoms with Crippen LogP contribution in [-0.2, 0) is 0 Å². The molecule has 1 aliphatic rings. The highest BCUT2D eigenvalue weighted by Crippen LogP contribution is 2.27. The fourth-order valence-electron chi connectivity index (χ4n) is 2.03. The third-order valence-corrected chi connectivity index (χ3v) is 3.00. The molecule has 2 atom stereocenters. The Balaban J connectivity index is 2.34. The van der Waals surface area contributed by atoms with Crippen LogP contribution in [0.15, 0.2) is 0 Å². The van der Waals surface area contributed by atoms with Crippen LogP contribution in [0.2, 0.25) is 0 Å². The van der Waals surface area contributed by atoms with Crippen molar-refractivity contribution in [1.29, 1.82) is 0 Å². The molecule has 0 spiro atoms. The molecule has 1 aliphatic carbocycles. The van der Waals surface area contributed by atoms with E-state index in [0.717, 1.165) is 11.8 Å². The number of hydrogen-bond acceptors (Lipinski definition) is 1. The van der Waals surface area contributed by atoms with E-state index < -0.39 is 0 Å². The Bertz CT molecular complexity index is 109. The van der Waals surface area contributed by atoms with E-state index >= 15 is 0 Å². The van der Waals surface area contributed by atoms with Crippen LogP contribution in [-0.4, -0.2) is 6.04 Å². The standard InChI is InChI=1S/C10H21N/c1-8(2)9-4-3-5-10(11)7-6-9/h8-10H,3-7,11H2,1-2H3/t9-,10+/m1/s1. The maximum Gasteiger partial charge on any atom is 0.00389 e. The van der Waals surface area contributed by atoms with Crippen LogP contribution in [0, 0.1) is 11.8 Å². The van der Waals surface area contributed by atoms with Gasteiger partial charge < -0.3 is 5.73 Å². The maximum absolute atomic E-state index is 5.90. The van der Waals surface area contributed by atoms with Gasteiger partial charge >= 0.3 is 0 Å². The van der Waals surface area contributed by atoms with Crippen molar-refractivity contribution in [2.45, 2.75) is 52.0 Å². The summed E-state index contributed by atoms with van der Waals surface area (Å²) >= 11 is 0. The Morgan fingerprint density at radius 2 is 1.82 bits per heavy atom. The molecule has 0 bridgehead atoms. The van der Waals surface area contributed by atoms with E-state index in [1.807, 2.05) is 0 Å². The molecule has 2 N–H and O–H groups in total. The largest absolute Gasteiger partial charge is 0.328 e. The highest BCUT2D eigenvalue weighted by Gasteiger charge is 2.18. The second kappa shape index (κ2) is 4.10. The minimum Gasteiger partial charge on any atom is -0.328 e. The zero-order chi connectivity index (χ0) is 8.27. The molecule has 0 saturated heterocycles. The highest BCUT2D eigenvalue weighted by atomic mass is 14.6. The van der Waals surface area contributed by atoms with E-state index in [9.17, 15) is 0 Å². The Labute approximate surface area is 70.4 Å². The first kappa shape index (κ1) is 9.05. The summed E-state index contributed by atoms with van der Waals surface area (Å²) in [5.74, 6) is 1.81. The van der Waals surface area contributed by atoms with Crippen LogP contribution in [0.25, 0.3) is 0 Å². The van der Waals surface area contributed by atoms with Crippen molar-refractivity contribution in [3.63, 3.8) is 0 Å². The fraction of sp³-hybridized carbons (Fsp3) is 1.00. The van der Waals surface area contributed by atoms with Gasteiger partial charge in [-0.15, -0.1) is 0 Å². The van der Waals surface area contributed by atoms with Crippen molar-refractivity contribution in [2.24, 2.45) is 17.6 Å². The summed E-state index contributed by atoms with van der Waals surface area (Å²) in [6, 6.07) is 0.499. The Kier molecular flexibility index (Phi) is 3.38. The van der Waals surface area contributed by atoms with Crippen molar-refractivity contribution in [2.75, 3.05) is 0 Å². The molecule has 0 radical (unpaired) electrons. The van der Waals surface area contributed by atoms with Gasteiger partial charge in [-0.2, -0.15) is 0 Å².